The Balaban J connectivity index is 1.81. The molecule has 0 bridgehead atoms. The SMILES string of the molecule is COCCCN1C[C@H]2N(C(=O)CN(C)N2C(=O)NCc2ccc(OC)cc2)[C@@H](CC(=O)O)C1=O. The molecule has 1 aromatic carbocycles. The minimum absolute atomic E-state index is 0.0741. The van der Waals surface area contributed by atoms with E-state index in [1.807, 2.05) is 12.1 Å². The van der Waals surface area contributed by atoms with Gasteiger partial charge in [0, 0.05) is 33.9 Å². The second-order valence-corrected chi connectivity index (χ2v) is 8.19. The van der Waals surface area contributed by atoms with Crippen LogP contribution >= 0.6 is 0 Å². The van der Waals surface area contributed by atoms with Crippen molar-refractivity contribution in [1.29, 1.82) is 0 Å². The molecule has 0 spiro atoms. The first kappa shape index (κ1) is 25.2. The number of ether oxygens (including phenoxy) is 2. The molecule has 2 aliphatic heterocycles. The fourth-order valence-electron chi connectivity index (χ4n) is 4.27. The minimum atomic E-state index is -1.20. The number of hydrogen-bond donors (Lipinski definition) is 2. The minimum Gasteiger partial charge on any atom is -0.497 e. The van der Waals surface area contributed by atoms with E-state index in [4.69, 9.17) is 9.47 Å². The number of benzene rings is 1. The van der Waals surface area contributed by atoms with Crippen LogP contribution in [0.25, 0.3) is 0 Å². The van der Waals surface area contributed by atoms with Crippen molar-refractivity contribution in [2.45, 2.75) is 31.6 Å². The largest absolute Gasteiger partial charge is 0.497 e. The molecule has 2 N–H and O–H groups in total. The number of carbonyl (C=O) groups excluding carboxylic acids is 3. The third-order valence-corrected chi connectivity index (χ3v) is 5.89. The second kappa shape index (κ2) is 11.2. The Hall–Kier alpha value is -3.38. The van der Waals surface area contributed by atoms with Gasteiger partial charge in [-0.2, -0.15) is 0 Å². The number of likely N-dealkylation sites (N-methyl/N-ethyl adjacent to an activating group) is 1. The zero-order valence-corrected chi connectivity index (χ0v) is 19.6. The number of urea groups is 1. The maximum Gasteiger partial charge on any atom is 0.334 e. The molecule has 3 rings (SSSR count). The fraction of sp³-hybridized carbons (Fsp3) is 0.545. The second-order valence-electron chi connectivity index (χ2n) is 8.19. The van der Waals surface area contributed by atoms with E-state index in [-0.39, 0.29) is 19.6 Å². The summed E-state index contributed by atoms with van der Waals surface area (Å²) in [6.07, 6.45) is -0.818. The Kier molecular flexibility index (Phi) is 8.29. The molecular weight excluding hydrogens is 446 g/mol. The number of nitrogens with one attached hydrogen (secondary N) is 1. The Morgan fingerprint density at radius 2 is 1.88 bits per heavy atom. The van der Waals surface area contributed by atoms with Crippen LogP contribution < -0.4 is 10.1 Å². The molecule has 0 aliphatic carbocycles. The van der Waals surface area contributed by atoms with Gasteiger partial charge in [0.15, 0.2) is 0 Å². The predicted octanol–water partition coefficient (Wildman–Crippen LogP) is -0.0561. The number of piperazine rings is 1. The van der Waals surface area contributed by atoms with Crippen molar-refractivity contribution >= 4 is 23.8 Å². The summed E-state index contributed by atoms with van der Waals surface area (Å²) in [6, 6.07) is 5.59. The van der Waals surface area contributed by atoms with E-state index < -0.39 is 42.4 Å². The molecule has 2 aliphatic rings. The van der Waals surface area contributed by atoms with E-state index in [2.05, 4.69) is 5.32 Å². The van der Waals surface area contributed by atoms with Gasteiger partial charge in [-0.1, -0.05) is 12.1 Å². The van der Waals surface area contributed by atoms with Crippen LogP contribution in [0.3, 0.4) is 0 Å². The number of carboxylic acid groups (broad SMARTS) is 1. The van der Waals surface area contributed by atoms with Gasteiger partial charge in [-0.3, -0.25) is 14.4 Å². The lowest BCUT2D eigenvalue weighted by Gasteiger charge is -2.54. The molecule has 2 saturated heterocycles. The highest BCUT2D eigenvalue weighted by molar-refractivity contribution is 5.93. The van der Waals surface area contributed by atoms with Crippen molar-refractivity contribution < 1.29 is 33.8 Å². The molecule has 12 heteroatoms. The fourth-order valence-corrected chi connectivity index (χ4v) is 4.27. The van der Waals surface area contributed by atoms with E-state index in [0.717, 1.165) is 5.56 Å². The van der Waals surface area contributed by atoms with Crippen LogP contribution in [0, 0.1) is 0 Å². The van der Waals surface area contributed by atoms with Crippen LogP contribution in [-0.4, -0.2) is 108 Å². The van der Waals surface area contributed by atoms with Gasteiger partial charge in [0.2, 0.25) is 11.8 Å². The van der Waals surface area contributed by atoms with Gasteiger partial charge in [0.1, 0.15) is 18.0 Å². The summed E-state index contributed by atoms with van der Waals surface area (Å²) in [7, 11) is 4.73. The Morgan fingerprint density at radius 3 is 2.50 bits per heavy atom. The van der Waals surface area contributed by atoms with Gasteiger partial charge in [-0.25, -0.2) is 14.8 Å². The summed E-state index contributed by atoms with van der Waals surface area (Å²) < 4.78 is 10.2. The number of hydrogen-bond acceptors (Lipinski definition) is 7. The molecule has 2 fully saturated rings. The van der Waals surface area contributed by atoms with E-state index in [9.17, 15) is 24.3 Å². The lowest BCUT2D eigenvalue weighted by molar-refractivity contribution is -0.188. The van der Waals surface area contributed by atoms with Crippen molar-refractivity contribution in [3.63, 3.8) is 0 Å². The first-order chi connectivity index (χ1) is 16.3. The molecule has 34 heavy (non-hydrogen) atoms. The average molecular weight is 478 g/mol. The van der Waals surface area contributed by atoms with E-state index >= 15 is 0 Å². The van der Waals surface area contributed by atoms with Crippen LogP contribution in [0.1, 0.15) is 18.4 Å². The van der Waals surface area contributed by atoms with Crippen LogP contribution in [0.5, 0.6) is 5.75 Å². The third kappa shape index (κ3) is 5.57. The summed E-state index contributed by atoms with van der Waals surface area (Å²) in [4.78, 5) is 53.4. The number of rotatable bonds is 9. The van der Waals surface area contributed by atoms with E-state index in [1.165, 1.54) is 19.8 Å². The Labute approximate surface area is 197 Å². The van der Waals surface area contributed by atoms with Crippen molar-refractivity contribution in [3.8, 4) is 5.75 Å². The number of methoxy groups -OCH3 is 2. The van der Waals surface area contributed by atoms with Crippen LogP contribution in [0.2, 0.25) is 0 Å². The highest BCUT2D eigenvalue weighted by atomic mass is 16.5. The number of hydrazine groups is 1. The number of fused-ring (bicyclic) bond motifs is 1. The van der Waals surface area contributed by atoms with E-state index in [0.29, 0.717) is 25.3 Å². The molecular formula is C22H31N5O7. The topological polar surface area (TPSA) is 132 Å². The smallest absolute Gasteiger partial charge is 0.334 e. The van der Waals surface area contributed by atoms with Gasteiger partial charge in [-0.05, 0) is 24.1 Å². The molecule has 4 amide bonds. The van der Waals surface area contributed by atoms with Crippen LogP contribution in [-0.2, 0) is 25.7 Å². The summed E-state index contributed by atoms with van der Waals surface area (Å²) in [5, 5.41) is 15.1. The molecule has 0 aromatic heterocycles. The number of amides is 4. The zero-order valence-electron chi connectivity index (χ0n) is 19.6. The molecule has 2 heterocycles. The number of carboxylic acids is 1. The lowest BCUT2D eigenvalue weighted by Crippen LogP contribution is -2.76. The predicted molar refractivity (Wildman–Crippen MR) is 119 cm³/mol. The van der Waals surface area contributed by atoms with Crippen molar-refractivity contribution in [1.82, 2.24) is 25.1 Å². The molecule has 1 aromatic rings. The highest BCUT2D eigenvalue weighted by Gasteiger charge is 2.51. The molecule has 0 radical (unpaired) electrons. The maximum absolute atomic E-state index is 13.2. The summed E-state index contributed by atoms with van der Waals surface area (Å²) in [5.41, 5.74) is 0.852. The molecule has 0 saturated carbocycles. The molecule has 0 unspecified atom stereocenters. The number of nitrogens with zero attached hydrogens (tertiary/aromatic N) is 4. The average Bonchev–Trinajstić information content (AvgIpc) is 2.80. The summed E-state index contributed by atoms with van der Waals surface area (Å²) >= 11 is 0. The first-order valence-corrected chi connectivity index (χ1v) is 11.0. The third-order valence-electron chi connectivity index (χ3n) is 5.89. The van der Waals surface area contributed by atoms with Gasteiger partial charge in [-0.15, -0.1) is 0 Å². The van der Waals surface area contributed by atoms with Gasteiger partial charge >= 0.3 is 12.0 Å². The quantitative estimate of drug-likeness (QED) is 0.473. The number of aliphatic carboxylic acids is 1. The van der Waals surface area contributed by atoms with Crippen molar-refractivity contribution in [2.24, 2.45) is 0 Å². The Morgan fingerprint density at radius 1 is 1.18 bits per heavy atom. The maximum atomic E-state index is 13.2. The van der Waals surface area contributed by atoms with Gasteiger partial charge < -0.3 is 29.7 Å². The monoisotopic (exact) mass is 477 g/mol. The van der Waals surface area contributed by atoms with Crippen molar-refractivity contribution in [3.05, 3.63) is 29.8 Å². The zero-order chi connectivity index (χ0) is 24.8. The summed E-state index contributed by atoms with van der Waals surface area (Å²) in [5.74, 6) is -1.34. The van der Waals surface area contributed by atoms with Gasteiger partial charge in [0.05, 0.1) is 26.6 Å². The first-order valence-electron chi connectivity index (χ1n) is 11.0. The van der Waals surface area contributed by atoms with Gasteiger partial charge in [0.25, 0.3) is 0 Å². The standard InChI is InChI=1S/C22H31N5O7/c1-24-14-19(28)26-17(11-20(29)30)21(31)25(9-4-10-33-2)13-18(26)27(24)22(32)23-12-15-5-7-16(34-3)8-6-15/h5-8,17-18H,4,9-14H2,1-3H3,(H,23,32)(H,29,30)/t17-,18-/m0/s1. The number of carbonyl (C=O) groups is 4. The molecule has 186 valence electrons. The highest BCUT2D eigenvalue weighted by Crippen LogP contribution is 2.27. The summed E-state index contributed by atoms with van der Waals surface area (Å²) in [6.45, 7) is 0.909. The van der Waals surface area contributed by atoms with Crippen LogP contribution in [0.4, 0.5) is 4.79 Å². The van der Waals surface area contributed by atoms with Crippen LogP contribution in [0.15, 0.2) is 24.3 Å². The normalized spacial score (nSPS) is 20.9. The molecule has 2 atom stereocenters. The van der Waals surface area contributed by atoms with E-state index in [1.54, 1.807) is 33.4 Å². The van der Waals surface area contributed by atoms with Crippen molar-refractivity contribution in [2.75, 3.05) is 47.5 Å². The molecule has 12 nitrogen and oxygen atoms in total. The Bertz CT molecular complexity index is 909. The lowest BCUT2D eigenvalue weighted by atomic mass is 10.0.